The van der Waals surface area contributed by atoms with Crippen LogP contribution < -0.4 is 14.8 Å². The highest BCUT2D eigenvalue weighted by molar-refractivity contribution is 7.92. The first kappa shape index (κ1) is 26.6. The number of sulfonamides is 2. The molecule has 37 heavy (non-hydrogen) atoms. The van der Waals surface area contributed by atoms with Gasteiger partial charge in [0, 0.05) is 24.5 Å². The second-order valence-corrected chi connectivity index (χ2v) is 12.5. The van der Waals surface area contributed by atoms with Crippen molar-refractivity contribution in [3.05, 3.63) is 78.4 Å². The average Bonchev–Trinajstić information content (AvgIpc) is 2.90. The smallest absolute Gasteiger partial charge is 0.261 e. The highest BCUT2D eigenvalue weighted by Crippen LogP contribution is 2.26. The highest BCUT2D eigenvalue weighted by atomic mass is 32.2. The molecule has 1 saturated heterocycles. The molecule has 196 valence electrons. The molecule has 1 aliphatic rings. The molecule has 3 aromatic rings. The Bertz CT molecular complexity index is 1450. The van der Waals surface area contributed by atoms with Crippen molar-refractivity contribution in [3.8, 4) is 5.75 Å². The fraction of sp³-hybridized carbons (Fsp3) is 0.269. The molecule has 0 saturated carbocycles. The lowest BCUT2D eigenvalue weighted by atomic mass is 9.99. The van der Waals surface area contributed by atoms with Crippen molar-refractivity contribution in [2.45, 2.75) is 29.6 Å². The molecule has 0 radical (unpaired) electrons. The predicted octanol–water partition coefficient (Wildman–Crippen LogP) is 3.84. The van der Waals surface area contributed by atoms with Gasteiger partial charge in [-0.2, -0.15) is 4.31 Å². The minimum Gasteiger partial charge on any atom is -0.497 e. The summed E-state index contributed by atoms with van der Waals surface area (Å²) in [7, 11) is -6.04. The van der Waals surface area contributed by atoms with Gasteiger partial charge in [-0.3, -0.25) is 9.52 Å². The van der Waals surface area contributed by atoms with Crippen molar-refractivity contribution in [1.82, 2.24) is 4.31 Å². The van der Waals surface area contributed by atoms with Crippen molar-refractivity contribution < 1.29 is 26.4 Å². The van der Waals surface area contributed by atoms with Crippen LogP contribution in [0.15, 0.2) is 82.6 Å². The summed E-state index contributed by atoms with van der Waals surface area (Å²) in [5.74, 6) is -0.295. The van der Waals surface area contributed by atoms with Gasteiger partial charge in [-0.1, -0.05) is 17.7 Å². The number of anilines is 2. The third-order valence-corrected chi connectivity index (χ3v) is 9.46. The van der Waals surface area contributed by atoms with E-state index in [-0.39, 0.29) is 22.2 Å². The Labute approximate surface area is 217 Å². The molecule has 11 heteroatoms. The van der Waals surface area contributed by atoms with Crippen LogP contribution in [0.1, 0.15) is 18.4 Å². The number of rotatable bonds is 8. The van der Waals surface area contributed by atoms with Crippen LogP contribution in [0.2, 0.25) is 0 Å². The minimum atomic E-state index is -3.79. The largest absolute Gasteiger partial charge is 0.497 e. The van der Waals surface area contributed by atoms with Gasteiger partial charge < -0.3 is 10.1 Å². The van der Waals surface area contributed by atoms with Crippen molar-refractivity contribution in [1.29, 1.82) is 0 Å². The number of methoxy groups -OCH3 is 1. The summed E-state index contributed by atoms with van der Waals surface area (Å²) in [5.41, 5.74) is 1.89. The lowest BCUT2D eigenvalue weighted by Crippen LogP contribution is -2.43. The van der Waals surface area contributed by atoms with Crippen LogP contribution in [0.5, 0.6) is 5.75 Å². The maximum absolute atomic E-state index is 13.1. The third-order valence-electron chi connectivity index (χ3n) is 6.19. The van der Waals surface area contributed by atoms with Gasteiger partial charge >= 0.3 is 0 Å². The van der Waals surface area contributed by atoms with Gasteiger partial charge in [-0.15, -0.1) is 0 Å². The fourth-order valence-corrected chi connectivity index (χ4v) is 6.65. The van der Waals surface area contributed by atoms with Gasteiger partial charge in [-0.25, -0.2) is 16.8 Å². The van der Waals surface area contributed by atoms with E-state index >= 15 is 0 Å². The number of benzene rings is 3. The van der Waals surface area contributed by atoms with Crippen LogP contribution >= 0.6 is 0 Å². The van der Waals surface area contributed by atoms with Crippen molar-refractivity contribution in [3.63, 3.8) is 0 Å². The summed E-state index contributed by atoms with van der Waals surface area (Å²) in [6, 6.07) is 19.0. The molecule has 1 fully saturated rings. The molecule has 1 heterocycles. The normalized spacial score (nSPS) is 16.6. The first-order valence-electron chi connectivity index (χ1n) is 11.7. The maximum Gasteiger partial charge on any atom is 0.261 e. The Balaban J connectivity index is 1.40. The molecule has 0 aromatic heterocycles. The topological polar surface area (TPSA) is 122 Å². The van der Waals surface area contributed by atoms with E-state index in [1.54, 1.807) is 24.3 Å². The molecule has 0 aliphatic carbocycles. The Hall–Kier alpha value is -3.41. The summed E-state index contributed by atoms with van der Waals surface area (Å²) in [5, 5.41) is 2.78. The molecule has 1 amide bonds. The molecule has 1 aliphatic heterocycles. The van der Waals surface area contributed by atoms with E-state index in [1.165, 1.54) is 47.8 Å². The maximum atomic E-state index is 13.1. The van der Waals surface area contributed by atoms with Crippen LogP contribution in [0.25, 0.3) is 0 Å². The number of piperidine rings is 1. The summed E-state index contributed by atoms with van der Waals surface area (Å²) >= 11 is 0. The van der Waals surface area contributed by atoms with E-state index in [2.05, 4.69) is 10.0 Å². The summed E-state index contributed by atoms with van der Waals surface area (Å²) in [6.07, 6.45) is 1.10. The summed E-state index contributed by atoms with van der Waals surface area (Å²) < 4.78 is 60.5. The van der Waals surface area contributed by atoms with E-state index < -0.39 is 26.0 Å². The van der Waals surface area contributed by atoms with E-state index in [0.29, 0.717) is 36.5 Å². The Morgan fingerprint density at radius 1 is 0.865 bits per heavy atom. The molecular weight excluding hydrogens is 514 g/mol. The van der Waals surface area contributed by atoms with Crippen molar-refractivity contribution >= 4 is 37.3 Å². The summed E-state index contributed by atoms with van der Waals surface area (Å²) in [4.78, 5) is 13.1. The van der Waals surface area contributed by atoms with Gasteiger partial charge in [-0.05, 0) is 80.4 Å². The molecule has 0 bridgehead atoms. The van der Waals surface area contributed by atoms with Gasteiger partial charge in [0.15, 0.2) is 0 Å². The van der Waals surface area contributed by atoms with Crippen LogP contribution in [-0.2, 0) is 24.8 Å². The number of ether oxygens (including phenoxy) is 1. The quantitative estimate of drug-likeness (QED) is 0.445. The van der Waals surface area contributed by atoms with Crippen molar-refractivity contribution in [2.24, 2.45) is 5.92 Å². The highest BCUT2D eigenvalue weighted by Gasteiger charge is 2.33. The van der Waals surface area contributed by atoms with E-state index in [0.717, 1.165) is 5.56 Å². The molecule has 1 atom stereocenters. The monoisotopic (exact) mass is 543 g/mol. The van der Waals surface area contributed by atoms with Crippen LogP contribution in [-0.4, -0.2) is 47.2 Å². The number of nitrogens with one attached hydrogen (secondary N) is 2. The zero-order valence-electron chi connectivity index (χ0n) is 20.5. The number of nitrogens with zero attached hydrogens (tertiary/aromatic N) is 1. The Morgan fingerprint density at radius 3 is 2.08 bits per heavy atom. The number of carbonyl (C=O) groups excluding carboxylic acids is 1. The minimum absolute atomic E-state index is 0.0560. The molecular formula is C26H29N3O6S2. The van der Waals surface area contributed by atoms with Gasteiger partial charge in [0.05, 0.1) is 22.8 Å². The number of aryl methyl sites for hydroxylation is 1. The van der Waals surface area contributed by atoms with Crippen LogP contribution in [0, 0.1) is 12.8 Å². The lowest BCUT2D eigenvalue weighted by molar-refractivity contribution is -0.120. The zero-order valence-corrected chi connectivity index (χ0v) is 22.2. The van der Waals surface area contributed by atoms with Gasteiger partial charge in [0.2, 0.25) is 15.9 Å². The number of amides is 1. The standard InChI is InChI=1S/C26H29N3O6S2/c1-19-5-7-22(8-6-19)28-36(31,32)24-13-9-21(10-14-24)27-26(30)20-4-3-17-29(18-20)37(33,34)25-15-11-23(35-2)12-16-25/h5-16,20,28H,3-4,17-18H2,1-2H3,(H,27,30)/t20-/m0/s1. The first-order chi connectivity index (χ1) is 17.6. The number of hydrogen-bond acceptors (Lipinski definition) is 6. The number of carbonyl (C=O) groups is 1. The van der Waals surface area contributed by atoms with Gasteiger partial charge in [0.1, 0.15) is 5.75 Å². The van der Waals surface area contributed by atoms with Crippen LogP contribution in [0.3, 0.4) is 0 Å². The summed E-state index contributed by atoms with van der Waals surface area (Å²) in [6.45, 7) is 2.31. The second kappa shape index (κ2) is 10.9. The number of hydrogen-bond donors (Lipinski definition) is 2. The van der Waals surface area contributed by atoms with E-state index in [9.17, 15) is 21.6 Å². The molecule has 0 spiro atoms. The second-order valence-electron chi connectivity index (χ2n) is 8.86. The molecule has 4 rings (SSSR count). The van der Waals surface area contributed by atoms with E-state index in [4.69, 9.17) is 4.74 Å². The van der Waals surface area contributed by atoms with Crippen LogP contribution in [0.4, 0.5) is 11.4 Å². The zero-order chi connectivity index (χ0) is 26.6. The SMILES string of the molecule is COc1ccc(S(=O)(=O)N2CCC[C@H](C(=O)Nc3ccc(S(=O)(=O)Nc4ccc(C)cc4)cc3)C2)cc1. The Morgan fingerprint density at radius 2 is 1.46 bits per heavy atom. The average molecular weight is 544 g/mol. The fourth-order valence-electron chi connectivity index (χ4n) is 4.07. The molecule has 0 unspecified atom stereocenters. The molecule has 2 N–H and O–H groups in total. The Kier molecular flexibility index (Phi) is 7.86. The van der Waals surface area contributed by atoms with Gasteiger partial charge in [0.25, 0.3) is 10.0 Å². The van der Waals surface area contributed by atoms with E-state index in [1.807, 2.05) is 19.1 Å². The molecule has 3 aromatic carbocycles. The lowest BCUT2D eigenvalue weighted by Gasteiger charge is -2.31. The molecule has 9 nitrogen and oxygen atoms in total. The first-order valence-corrected chi connectivity index (χ1v) is 14.7. The predicted molar refractivity (Wildman–Crippen MR) is 142 cm³/mol. The third kappa shape index (κ3) is 6.30. The van der Waals surface area contributed by atoms with Crippen molar-refractivity contribution in [2.75, 3.05) is 30.2 Å².